The number of ketones is 1. The number of benzene rings is 3. The van der Waals surface area contributed by atoms with Crippen LogP contribution in [0.3, 0.4) is 0 Å². The first-order chi connectivity index (χ1) is 13.4. The predicted octanol–water partition coefficient (Wildman–Crippen LogP) is 4.77. The van der Waals surface area contributed by atoms with Gasteiger partial charge in [-0.25, -0.2) is 4.39 Å². The molecule has 28 heavy (non-hydrogen) atoms. The van der Waals surface area contributed by atoms with E-state index in [1.165, 1.54) is 24.3 Å². The van der Waals surface area contributed by atoms with E-state index in [9.17, 15) is 14.0 Å². The maximum atomic E-state index is 13.0. The summed E-state index contributed by atoms with van der Waals surface area (Å²) in [6, 6.07) is 19.4. The van der Waals surface area contributed by atoms with Crippen molar-refractivity contribution in [1.82, 2.24) is 0 Å². The summed E-state index contributed by atoms with van der Waals surface area (Å²) in [4.78, 5) is 24.7. The molecule has 0 spiro atoms. The SMILES string of the molecule is Cc1ccccc1NC(=O)C(C)Oc1ccc(C(=O)c2ccc(F)cc2)cc1. The fourth-order valence-electron chi connectivity index (χ4n) is 2.66. The molecule has 1 N–H and O–H groups in total. The molecule has 0 heterocycles. The zero-order valence-electron chi connectivity index (χ0n) is 15.6. The van der Waals surface area contributed by atoms with E-state index >= 15 is 0 Å². The van der Waals surface area contributed by atoms with Crippen molar-refractivity contribution in [3.05, 3.63) is 95.3 Å². The Hall–Kier alpha value is -3.47. The maximum absolute atomic E-state index is 13.0. The normalized spacial score (nSPS) is 11.5. The largest absolute Gasteiger partial charge is 0.481 e. The predicted molar refractivity (Wildman–Crippen MR) is 106 cm³/mol. The Morgan fingerprint density at radius 2 is 1.46 bits per heavy atom. The van der Waals surface area contributed by atoms with Gasteiger partial charge in [0, 0.05) is 16.8 Å². The Kier molecular flexibility index (Phi) is 5.84. The standard InChI is InChI=1S/C23H20FNO3/c1-15-5-3-4-6-21(15)25-23(27)16(2)28-20-13-9-18(10-14-20)22(26)17-7-11-19(24)12-8-17/h3-14,16H,1-2H3,(H,25,27). The fourth-order valence-corrected chi connectivity index (χ4v) is 2.66. The van der Waals surface area contributed by atoms with Gasteiger partial charge in [0.05, 0.1) is 0 Å². The van der Waals surface area contributed by atoms with E-state index in [4.69, 9.17) is 4.74 Å². The van der Waals surface area contributed by atoms with Gasteiger partial charge in [0.2, 0.25) is 0 Å². The molecule has 0 aliphatic carbocycles. The van der Waals surface area contributed by atoms with Crippen molar-refractivity contribution in [2.24, 2.45) is 0 Å². The quantitative estimate of drug-likeness (QED) is 0.630. The summed E-state index contributed by atoms with van der Waals surface area (Å²) in [5, 5.41) is 2.84. The molecule has 0 aliphatic rings. The molecule has 1 atom stereocenters. The molecule has 0 aliphatic heterocycles. The van der Waals surface area contributed by atoms with Gasteiger partial charge in [0.1, 0.15) is 11.6 Å². The Balaban J connectivity index is 1.63. The molecule has 3 rings (SSSR count). The number of carbonyl (C=O) groups is 2. The number of aryl methyl sites for hydroxylation is 1. The molecule has 1 amide bonds. The molecule has 142 valence electrons. The second-order valence-electron chi connectivity index (χ2n) is 6.42. The highest BCUT2D eigenvalue weighted by molar-refractivity contribution is 6.09. The minimum absolute atomic E-state index is 0.211. The molecule has 0 radical (unpaired) electrons. The summed E-state index contributed by atoms with van der Waals surface area (Å²) in [5.74, 6) is -0.390. The maximum Gasteiger partial charge on any atom is 0.265 e. The minimum atomic E-state index is -0.710. The lowest BCUT2D eigenvalue weighted by Crippen LogP contribution is -2.30. The summed E-state index contributed by atoms with van der Waals surface area (Å²) >= 11 is 0. The number of carbonyl (C=O) groups excluding carboxylic acids is 2. The lowest BCUT2D eigenvalue weighted by molar-refractivity contribution is -0.122. The van der Waals surface area contributed by atoms with Crippen LogP contribution in [0.25, 0.3) is 0 Å². The number of para-hydroxylation sites is 1. The van der Waals surface area contributed by atoms with E-state index in [1.807, 2.05) is 31.2 Å². The highest BCUT2D eigenvalue weighted by Gasteiger charge is 2.16. The third-order valence-electron chi connectivity index (χ3n) is 4.31. The van der Waals surface area contributed by atoms with Crippen LogP contribution in [0.5, 0.6) is 5.75 Å². The first-order valence-corrected chi connectivity index (χ1v) is 8.87. The van der Waals surface area contributed by atoms with Gasteiger partial charge in [0.25, 0.3) is 5.91 Å². The van der Waals surface area contributed by atoms with Crippen molar-refractivity contribution in [3.8, 4) is 5.75 Å². The Morgan fingerprint density at radius 3 is 2.07 bits per heavy atom. The second kappa shape index (κ2) is 8.48. The number of ether oxygens (including phenoxy) is 1. The van der Waals surface area contributed by atoms with Crippen LogP contribution in [0, 0.1) is 12.7 Å². The van der Waals surface area contributed by atoms with Crippen molar-refractivity contribution in [1.29, 1.82) is 0 Å². The van der Waals surface area contributed by atoms with Gasteiger partial charge in [-0.3, -0.25) is 9.59 Å². The van der Waals surface area contributed by atoms with Crippen LogP contribution in [0.4, 0.5) is 10.1 Å². The topological polar surface area (TPSA) is 55.4 Å². The molecule has 3 aromatic carbocycles. The van der Waals surface area contributed by atoms with Gasteiger partial charge in [0.15, 0.2) is 11.9 Å². The minimum Gasteiger partial charge on any atom is -0.481 e. The van der Waals surface area contributed by atoms with Crippen molar-refractivity contribution in [3.63, 3.8) is 0 Å². The van der Waals surface area contributed by atoms with E-state index in [-0.39, 0.29) is 11.7 Å². The summed E-state index contributed by atoms with van der Waals surface area (Å²) < 4.78 is 18.7. The summed E-state index contributed by atoms with van der Waals surface area (Å²) in [6.07, 6.45) is -0.710. The number of anilines is 1. The monoisotopic (exact) mass is 377 g/mol. The molecule has 0 aromatic heterocycles. The van der Waals surface area contributed by atoms with Crippen LogP contribution >= 0.6 is 0 Å². The molecule has 0 saturated carbocycles. The Morgan fingerprint density at radius 1 is 0.893 bits per heavy atom. The van der Waals surface area contributed by atoms with Crippen molar-refractivity contribution < 1.29 is 18.7 Å². The lowest BCUT2D eigenvalue weighted by Gasteiger charge is -2.16. The average molecular weight is 377 g/mol. The number of hydrogen-bond acceptors (Lipinski definition) is 3. The number of amides is 1. The Labute approximate surface area is 163 Å². The summed E-state index contributed by atoms with van der Waals surface area (Å²) in [5.41, 5.74) is 2.56. The smallest absolute Gasteiger partial charge is 0.265 e. The third kappa shape index (κ3) is 4.62. The van der Waals surface area contributed by atoms with Crippen LogP contribution < -0.4 is 10.1 Å². The van der Waals surface area contributed by atoms with Crippen molar-refractivity contribution in [2.75, 3.05) is 5.32 Å². The molecule has 3 aromatic rings. The Bertz CT molecular complexity index is 981. The zero-order chi connectivity index (χ0) is 20.1. The lowest BCUT2D eigenvalue weighted by atomic mass is 10.0. The highest BCUT2D eigenvalue weighted by atomic mass is 19.1. The third-order valence-corrected chi connectivity index (χ3v) is 4.31. The molecular weight excluding hydrogens is 357 g/mol. The van der Waals surface area contributed by atoms with Gasteiger partial charge < -0.3 is 10.1 Å². The molecular formula is C23H20FNO3. The van der Waals surface area contributed by atoms with Crippen molar-refractivity contribution in [2.45, 2.75) is 20.0 Å². The number of rotatable bonds is 6. The summed E-state index contributed by atoms with van der Waals surface area (Å²) in [6.45, 7) is 3.57. The molecule has 0 bridgehead atoms. The fraction of sp³-hybridized carbons (Fsp3) is 0.130. The molecule has 0 saturated heterocycles. The van der Waals surface area contributed by atoms with E-state index < -0.39 is 11.9 Å². The van der Waals surface area contributed by atoms with Crippen LogP contribution in [0.1, 0.15) is 28.4 Å². The second-order valence-corrected chi connectivity index (χ2v) is 6.42. The number of nitrogens with one attached hydrogen (secondary N) is 1. The van der Waals surface area contributed by atoms with Crippen molar-refractivity contribution >= 4 is 17.4 Å². The van der Waals surface area contributed by atoms with E-state index in [2.05, 4.69) is 5.32 Å². The molecule has 4 nitrogen and oxygen atoms in total. The molecule has 1 unspecified atom stereocenters. The van der Waals surface area contributed by atoms with E-state index in [1.54, 1.807) is 31.2 Å². The van der Waals surface area contributed by atoms with Crippen LogP contribution in [0.2, 0.25) is 0 Å². The molecule has 5 heteroatoms. The van der Waals surface area contributed by atoms with Gasteiger partial charge in [-0.2, -0.15) is 0 Å². The summed E-state index contributed by atoms with van der Waals surface area (Å²) in [7, 11) is 0. The van der Waals surface area contributed by atoms with E-state index in [0.29, 0.717) is 16.9 Å². The first kappa shape index (κ1) is 19.3. The van der Waals surface area contributed by atoms with Crippen LogP contribution in [0.15, 0.2) is 72.8 Å². The number of hydrogen-bond donors (Lipinski definition) is 1. The van der Waals surface area contributed by atoms with Crippen LogP contribution in [-0.2, 0) is 4.79 Å². The molecule has 0 fully saturated rings. The van der Waals surface area contributed by atoms with Gasteiger partial charge in [-0.15, -0.1) is 0 Å². The van der Waals surface area contributed by atoms with Crippen LogP contribution in [-0.4, -0.2) is 17.8 Å². The van der Waals surface area contributed by atoms with Gasteiger partial charge >= 0.3 is 0 Å². The highest BCUT2D eigenvalue weighted by Crippen LogP contribution is 2.18. The first-order valence-electron chi connectivity index (χ1n) is 8.87. The average Bonchev–Trinajstić information content (AvgIpc) is 2.70. The van der Waals surface area contributed by atoms with E-state index in [0.717, 1.165) is 11.3 Å². The van der Waals surface area contributed by atoms with Gasteiger partial charge in [-0.05, 0) is 74.0 Å². The van der Waals surface area contributed by atoms with Gasteiger partial charge in [-0.1, -0.05) is 18.2 Å². The number of halogens is 1. The zero-order valence-corrected chi connectivity index (χ0v) is 15.6.